The van der Waals surface area contributed by atoms with E-state index < -0.39 is 5.60 Å². The van der Waals surface area contributed by atoms with Gasteiger partial charge in [0.15, 0.2) is 0 Å². The van der Waals surface area contributed by atoms with Gasteiger partial charge in [0, 0.05) is 18.7 Å². The van der Waals surface area contributed by atoms with E-state index in [0.29, 0.717) is 18.7 Å². The molecule has 1 aliphatic rings. The fourth-order valence-corrected chi connectivity index (χ4v) is 3.09. The van der Waals surface area contributed by atoms with E-state index in [9.17, 15) is 9.59 Å². The Kier molecular flexibility index (Phi) is 5.22. The molecule has 1 N–H and O–H groups in total. The number of amides is 2. The van der Waals surface area contributed by atoms with E-state index in [1.807, 2.05) is 58.0 Å². The second-order valence-electron chi connectivity index (χ2n) is 7.93. The number of rotatable bonds is 3. The van der Waals surface area contributed by atoms with Crippen LogP contribution in [0.1, 0.15) is 60.8 Å². The van der Waals surface area contributed by atoms with Gasteiger partial charge in [-0.1, -0.05) is 36.4 Å². The van der Waals surface area contributed by atoms with Crippen LogP contribution in [-0.4, -0.2) is 22.5 Å². The lowest BCUT2D eigenvalue weighted by Crippen LogP contribution is -2.33. The lowest BCUT2D eigenvalue weighted by Gasteiger charge is -2.24. The topological polar surface area (TPSA) is 58.6 Å². The van der Waals surface area contributed by atoms with Crippen molar-refractivity contribution >= 4 is 12.0 Å². The Morgan fingerprint density at radius 2 is 1.70 bits per heavy atom. The summed E-state index contributed by atoms with van der Waals surface area (Å²) in [6, 6.07) is 15.1. The van der Waals surface area contributed by atoms with Crippen molar-refractivity contribution in [3.63, 3.8) is 0 Å². The fourth-order valence-electron chi connectivity index (χ4n) is 3.09. The molecule has 142 valence electrons. The van der Waals surface area contributed by atoms with Crippen molar-refractivity contribution in [3.05, 3.63) is 70.8 Å². The van der Waals surface area contributed by atoms with Crippen LogP contribution in [0.15, 0.2) is 48.5 Å². The molecule has 0 saturated carbocycles. The minimum absolute atomic E-state index is 0.0982. The van der Waals surface area contributed by atoms with Gasteiger partial charge in [-0.15, -0.1) is 0 Å². The highest BCUT2D eigenvalue weighted by molar-refractivity contribution is 5.94. The zero-order valence-electron chi connectivity index (χ0n) is 16.3. The number of ether oxygens (including phenoxy) is 1. The number of carbonyl (C=O) groups excluding carboxylic acids is 2. The van der Waals surface area contributed by atoms with Crippen LogP contribution >= 0.6 is 0 Å². The van der Waals surface area contributed by atoms with E-state index in [0.717, 1.165) is 16.7 Å². The second-order valence-corrected chi connectivity index (χ2v) is 7.93. The van der Waals surface area contributed by atoms with E-state index in [4.69, 9.17) is 4.74 Å². The molecule has 5 heteroatoms. The van der Waals surface area contributed by atoms with E-state index in [1.54, 1.807) is 17.0 Å². The van der Waals surface area contributed by atoms with Gasteiger partial charge in [-0.25, -0.2) is 4.79 Å². The highest BCUT2D eigenvalue weighted by Gasteiger charge is 2.28. The number of fused-ring (bicyclic) bond motifs is 1. The van der Waals surface area contributed by atoms with Crippen LogP contribution in [0.3, 0.4) is 0 Å². The third kappa shape index (κ3) is 4.67. The number of carbonyl (C=O) groups is 2. The van der Waals surface area contributed by atoms with Crippen LogP contribution in [-0.2, 0) is 17.8 Å². The molecule has 1 aliphatic heterocycles. The van der Waals surface area contributed by atoms with Gasteiger partial charge in [0.1, 0.15) is 5.60 Å². The molecule has 2 aromatic carbocycles. The molecule has 0 saturated heterocycles. The van der Waals surface area contributed by atoms with E-state index in [1.165, 1.54) is 0 Å². The van der Waals surface area contributed by atoms with E-state index in [2.05, 4.69) is 11.4 Å². The van der Waals surface area contributed by atoms with Gasteiger partial charge < -0.3 is 10.1 Å². The summed E-state index contributed by atoms with van der Waals surface area (Å²) in [5.74, 6) is -0.0982. The van der Waals surface area contributed by atoms with E-state index >= 15 is 0 Å². The molecule has 0 spiro atoms. The van der Waals surface area contributed by atoms with Crippen LogP contribution < -0.4 is 5.32 Å². The average molecular weight is 366 g/mol. The quantitative estimate of drug-likeness (QED) is 0.874. The van der Waals surface area contributed by atoms with Gasteiger partial charge in [-0.05, 0) is 56.5 Å². The molecular weight excluding hydrogens is 340 g/mol. The Bertz CT molecular complexity index is 840. The summed E-state index contributed by atoms with van der Waals surface area (Å²) >= 11 is 0. The van der Waals surface area contributed by atoms with Crippen molar-refractivity contribution < 1.29 is 14.3 Å². The average Bonchev–Trinajstić information content (AvgIpc) is 3.04. The molecule has 0 unspecified atom stereocenters. The van der Waals surface area contributed by atoms with Crippen molar-refractivity contribution in [3.8, 4) is 0 Å². The summed E-state index contributed by atoms with van der Waals surface area (Å²) < 4.78 is 5.46. The fraction of sp³-hybridized carbons (Fsp3) is 0.364. The van der Waals surface area contributed by atoms with Crippen molar-refractivity contribution in [1.82, 2.24) is 10.2 Å². The highest BCUT2D eigenvalue weighted by atomic mass is 16.6. The number of nitrogens with zero attached hydrogens (tertiary/aromatic N) is 1. The highest BCUT2D eigenvalue weighted by Crippen LogP contribution is 2.27. The first-order chi connectivity index (χ1) is 12.7. The lowest BCUT2D eigenvalue weighted by atomic mass is 10.0. The Morgan fingerprint density at radius 1 is 1.04 bits per heavy atom. The Labute approximate surface area is 160 Å². The standard InChI is InChI=1S/C22H26N2O3/c1-15(23-20(25)16-8-6-5-7-9-16)17-10-11-18-13-24(14-19(18)12-17)21(26)27-22(2,3)4/h5-12,15H,13-14H2,1-4H3,(H,23,25)/t15-/m0/s1. The number of nitrogens with one attached hydrogen (secondary N) is 1. The SMILES string of the molecule is C[C@H](NC(=O)c1ccccc1)c1ccc2c(c1)CN(C(=O)OC(C)(C)C)C2. The minimum Gasteiger partial charge on any atom is -0.444 e. The van der Waals surface area contributed by atoms with Crippen LogP contribution in [0.5, 0.6) is 0 Å². The summed E-state index contributed by atoms with van der Waals surface area (Å²) in [4.78, 5) is 26.4. The second kappa shape index (κ2) is 7.43. The van der Waals surface area contributed by atoms with Crippen molar-refractivity contribution in [2.75, 3.05) is 0 Å². The predicted octanol–water partition coefficient (Wildman–Crippen LogP) is 4.43. The monoisotopic (exact) mass is 366 g/mol. The smallest absolute Gasteiger partial charge is 0.410 e. The molecule has 2 amide bonds. The van der Waals surface area contributed by atoms with Gasteiger partial charge in [0.2, 0.25) is 0 Å². The van der Waals surface area contributed by atoms with Crippen molar-refractivity contribution in [2.45, 2.75) is 52.4 Å². The molecule has 0 bridgehead atoms. The summed E-state index contributed by atoms with van der Waals surface area (Å²) in [6.07, 6.45) is -0.300. The molecule has 1 atom stereocenters. The van der Waals surface area contributed by atoms with Crippen molar-refractivity contribution in [2.24, 2.45) is 0 Å². The van der Waals surface area contributed by atoms with Gasteiger partial charge in [0.05, 0.1) is 6.04 Å². The van der Waals surface area contributed by atoms with Gasteiger partial charge in [-0.3, -0.25) is 9.69 Å². The molecule has 0 aliphatic carbocycles. The summed E-state index contributed by atoms with van der Waals surface area (Å²) in [5.41, 5.74) is 3.36. The molecule has 3 rings (SSSR count). The zero-order valence-corrected chi connectivity index (χ0v) is 16.3. The van der Waals surface area contributed by atoms with Gasteiger partial charge in [-0.2, -0.15) is 0 Å². The van der Waals surface area contributed by atoms with Crippen LogP contribution in [0.4, 0.5) is 4.79 Å². The van der Waals surface area contributed by atoms with Gasteiger partial charge >= 0.3 is 6.09 Å². The molecule has 2 aromatic rings. The third-order valence-corrected chi connectivity index (χ3v) is 4.49. The maximum absolute atomic E-state index is 12.4. The molecule has 0 radical (unpaired) electrons. The predicted molar refractivity (Wildman–Crippen MR) is 104 cm³/mol. The molecule has 27 heavy (non-hydrogen) atoms. The lowest BCUT2D eigenvalue weighted by molar-refractivity contribution is 0.0241. The Balaban J connectivity index is 1.67. The molecule has 0 fully saturated rings. The van der Waals surface area contributed by atoms with Crippen molar-refractivity contribution in [1.29, 1.82) is 0 Å². The summed E-state index contributed by atoms with van der Waals surface area (Å²) in [5, 5.41) is 3.02. The summed E-state index contributed by atoms with van der Waals surface area (Å²) in [6.45, 7) is 8.63. The Morgan fingerprint density at radius 3 is 2.37 bits per heavy atom. The first-order valence-electron chi connectivity index (χ1n) is 9.18. The first kappa shape index (κ1) is 19.0. The molecule has 1 heterocycles. The zero-order chi connectivity index (χ0) is 19.6. The molecule has 0 aromatic heterocycles. The summed E-state index contributed by atoms with van der Waals surface area (Å²) in [7, 11) is 0. The van der Waals surface area contributed by atoms with E-state index in [-0.39, 0.29) is 18.0 Å². The molecular formula is C22H26N2O3. The number of hydrogen-bond acceptors (Lipinski definition) is 3. The normalized spacial score (nSPS) is 14.4. The maximum atomic E-state index is 12.4. The van der Waals surface area contributed by atoms with Gasteiger partial charge in [0.25, 0.3) is 5.91 Å². The number of benzene rings is 2. The minimum atomic E-state index is -0.507. The van der Waals surface area contributed by atoms with Crippen LogP contribution in [0.2, 0.25) is 0 Å². The molecule has 5 nitrogen and oxygen atoms in total. The Hall–Kier alpha value is -2.82. The maximum Gasteiger partial charge on any atom is 0.410 e. The van der Waals surface area contributed by atoms with Crippen LogP contribution in [0, 0.1) is 0 Å². The largest absolute Gasteiger partial charge is 0.444 e. The van der Waals surface area contributed by atoms with Crippen LogP contribution in [0.25, 0.3) is 0 Å². The first-order valence-corrected chi connectivity index (χ1v) is 9.18. The third-order valence-electron chi connectivity index (χ3n) is 4.49. The number of hydrogen-bond donors (Lipinski definition) is 1.